The number of hydrogen-bond donors (Lipinski definition) is 1. The third kappa shape index (κ3) is 4.07. The summed E-state index contributed by atoms with van der Waals surface area (Å²) in [5.41, 5.74) is 6.84. The monoisotopic (exact) mass is 307 g/mol. The number of ether oxygens (including phenoxy) is 1. The number of anilines is 1. The number of Topliss-reactive ketones (excluding diaryl/α,β-unsaturated/α-hetero) is 2. The molecule has 0 aromatic heterocycles. The van der Waals surface area contributed by atoms with Crippen LogP contribution in [-0.2, 0) is 0 Å². The van der Waals surface area contributed by atoms with Crippen molar-refractivity contribution in [1.82, 2.24) is 0 Å². The van der Waals surface area contributed by atoms with Crippen molar-refractivity contribution in [2.45, 2.75) is 27.7 Å². The van der Waals surface area contributed by atoms with Crippen molar-refractivity contribution >= 4 is 17.3 Å². The number of nitrogen functional groups attached to an aromatic ring is 1. The Labute approximate surface area is 132 Å². The summed E-state index contributed by atoms with van der Waals surface area (Å²) in [6.45, 7) is 10.5. The molecule has 5 heteroatoms. The Morgan fingerprint density at radius 1 is 1.14 bits per heavy atom. The predicted molar refractivity (Wildman–Crippen MR) is 88.5 cm³/mol. The van der Waals surface area contributed by atoms with Crippen LogP contribution < -0.4 is 10.5 Å². The van der Waals surface area contributed by atoms with Crippen molar-refractivity contribution in [3.05, 3.63) is 23.3 Å². The Hall–Kier alpha value is -1.88. The molecule has 0 unspecified atom stereocenters. The molecule has 1 aromatic carbocycles. The summed E-state index contributed by atoms with van der Waals surface area (Å²) in [4.78, 5) is 23.4. The first-order valence-corrected chi connectivity index (χ1v) is 7.66. The number of carbonyl (C=O) groups excluding carboxylic acids is 2. The van der Waals surface area contributed by atoms with Crippen molar-refractivity contribution in [1.29, 1.82) is 0 Å². The minimum Gasteiger partial charge on any atom is -0.487 e. The van der Waals surface area contributed by atoms with Crippen LogP contribution in [0.3, 0.4) is 0 Å². The number of likely N-dealkylation sites (N-methyl/N-ethyl adjacent to an activating group) is 1. The molecule has 0 saturated carbocycles. The van der Waals surface area contributed by atoms with Gasteiger partial charge in [-0.2, -0.15) is 0 Å². The summed E-state index contributed by atoms with van der Waals surface area (Å²) < 4.78 is 6.68. The number of quaternary nitrogens is 1. The van der Waals surface area contributed by atoms with E-state index >= 15 is 0 Å². The predicted octanol–water partition coefficient (Wildman–Crippen LogP) is 2.54. The van der Waals surface area contributed by atoms with Crippen LogP contribution in [0.15, 0.2) is 12.1 Å². The van der Waals surface area contributed by atoms with Crippen LogP contribution in [0.25, 0.3) is 0 Å². The van der Waals surface area contributed by atoms with Crippen LogP contribution >= 0.6 is 0 Å². The lowest BCUT2D eigenvalue weighted by molar-refractivity contribution is -0.906. The highest BCUT2D eigenvalue weighted by Crippen LogP contribution is 2.29. The molecule has 122 valence electrons. The standard InChI is InChI=1S/C17H26N2O3/c1-6-19(5,7-2)10-11-22-15-9-8-14(12(3)20)17(18)16(15)13(4)21/h8-9H,6-7,10-11H2,1-5H3,(H-,18,20,21)/p+1. The van der Waals surface area contributed by atoms with E-state index in [9.17, 15) is 9.59 Å². The van der Waals surface area contributed by atoms with E-state index < -0.39 is 0 Å². The second-order valence-electron chi connectivity index (χ2n) is 5.84. The zero-order valence-corrected chi connectivity index (χ0v) is 14.2. The van der Waals surface area contributed by atoms with Crippen LogP contribution in [0.4, 0.5) is 5.69 Å². The van der Waals surface area contributed by atoms with Gasteiger partial charge in [-0.1, -0.05) is 0 Å². The van der Waals surface area contributed by atoms with Gasteiger partial charge in [0.2, 0.25) is 0 Å². The fraction of sp³-hybridized carbons (Fsp3) is 0.529. The molecule has 2 N–H and O–H groups in total. The molecule has 0 bridgehead atoms. The van der Waals surface area contributed by atoms with Gasteiger partial charge in [0, 0.05) is 5.56 Å². The number of ketones is 2. The topological polar surface area (TPSA) is 69.4 Å². The minimum atomic E-state index is -0.196. The van der Waals surface area contributed by atoms with Crippen LogP contribution in [0.2, 0.25) is 0 Å². The van der Waals surface area contributed by atoms with Gasteiger partial charge in [-0.05, 0) is 39.8 Å². The van der Waals surface area contributed by atoms with Crippen molar-refractivity contribution in [3.8, 4) is 5.75 Å². The summed E-state index contributed by atoms with van der Waals surface area (Å²) >= 11 is 0. The SMILES string of the molecule is CC[N+](C)(CC)CCOc1ccc(C(C)=O)c(N)c1C(C)=O. The maximum absolute atomic E-state index is 11.9. The third-order valence-corrected chi connectivity index (χ3v) is 4.35. The Morgan fingerprint density at radius 2 is 1.73 bits per heavy atom. The molecule has 0 aliphatic rings. The molecule has 22 heavy (non-hydrogen) atoms. The zero-order valence-electron chi connectivity index (χ0n) is 14.2. The highest BCUT2D eigenvalue weighted by molar-refractivity contribution is 6.08. The molecular formula is C17H27N2O3+. The lowest BCUT2D eigenvalue weighted by atomic mass is 10.0. The quantitative estimate of drug-likeness (QED) is 0.455. The lowest BCUT2D eigenvalue weighted by Crippen LogP contribution is -2.46. The van der Waals surface area contributed by atoms with E-state index in [0.717, 1.165) is 24.1 Å². The average Bonchev–Trinajstić information content (AvgIpc) is 2.46. The molecule has 0 fully saturated rings. The number of nitrogens with zero attached hydrogens (tertiary/aromatic N) is 1. The molecule has 0 heterocycles. The van der Waals surface area contributed by atoms with Gasteiger partial charge in [0.1, 0.15) is 18.9 Å². The maximum atomic E-state index is 11.9. The van der Waals surface area contributed by atoms with Gasteiger partial charge in [-0.15, -0.1) is 0 Å². The van der Waals surface area contributed by atoms with Gasteiger partial charge in [-0.25, -0.2) is 0 Å². The van der Waals surface area contributed by atoms with E-state index in [1.165, 1.54) is 13.8 Å². The Bertz CT molecular complexity index is 563. The molecule has 0 atom stereocenters. The second kappa shape index (κ2) is 7.40. The molecule has 0 amide bonds. The van der Waals surface area contributed by atoms with Gasteiger partial charge >= 0.3 is 0 Å². The molecule has 1 rings (SSSR count). The van der Waals surface area contributed by atoms with E-state index in [2.05, 4.69) is 20.9 Å². The first kappa shape index (κ1) is 18.2. The van der Waals surface area contributed by atoms with E-state index in [4.69, 9.17) is 10.5 Å². The Morgan fingerprint density at radius 3 is 2.18 bits per heavy atom. The van der Waals surface area contributed by atoms with Crippen molar-refractivity contribution < 1.29 is 18.8 Å². The fourth-order valence-electron chi connectivity index (χ4n) is 2.31. The molecule has 0 saturated heterocycles. The van der Waals surface area contributed by atoms with Gasteiger partial charge in [-0.3, -0.25) is 9.59 Å². The second-order valence-corrected chi connectivity index (χ2v) is 5.84. The molecule has 0 spiro atoms. The van der Waals surface area contributed by atoms with Gasteiger partial charge in [0.05, 0.1) is 31.4 Å². The average molecular weight is 307 g/mol. The van der Waals surface area contributed by atoms with Crippen molar-refractivity contribution in [2.24, 2.45) is 0 Å². The first-order chi connectivity index (χ1) is 10.3. The molecule has 5 nitrogen and oxygen atoms in total. The summed E-state index contributed by atoms with van der Waals surface area (Å²) in [6, 6.07) is 3.28. The Balaban J connectivity index is 2.99. The fourth-order valence-corrected chi connectivity index (χ4v) is 2.31. The Kier molecular flexibility index (Phi) is 6.11. The first-order valence-electron chi connectivity index (χ1n) is 7.66. The summed E-state index contributed by atoms with van der Waals surface area (Å²) in [5, 5.41) is 0. The number of carbonyl (C=O) groups is 2. The molecular weight excluding hydrogens is 280 g/mol. The van der Waals surface area contributed by atoms with Crippen LogP contribution in [0.5, 0.6) is 5.75 Å². The molecule has 0 radical (unpaired) electrons. The van der Waals surface area contributed by atoms with Crippen molar-refractivity contribution in [3.63, 3.8) is 0 Å². The highest BCUT2D eigenvalue weighted by atomic mass is 16.5. The minimum absolute atomic E-state index is 0.159. The van der Waals surface area contributed by atoms with Crippen LogP contribution in [0, 0.1) is 0 Å². The molecule has 1 aromatic rings. The number of nitrogens with two attached hydrogens (primary N) is 1. The zero-order chi connectivity index (χ0) is 16.9. The largest absolute Gasteiger partial charge is 0.487 e. The molecule has 0 aliphatic carbocycles. The van der Waals surface area contributed by atoms with Crippen LogP contribution in [-0.4, -0.2) is 49.3 Å². The maximum Gasteiger partial charge on any atom is 0.165 e. The van der Waals surface area contributed by atoms with E-state index in [1.807, 2.05) is 0 Å². The van der Waals surface area contributed by atoms with Gasteiger partial charge in [0.25, 0.3) is 0 Å². The normalized spacial score (nSPS) is 11.3. The number of rotatable bonds is 8. The summed E-state index contributed by atoms with van der Waals surface area (Å²) in [6.07, 6.45) is 0. The van der Waals surface area contributed by atoms with E-state index in [-0.39, 0.29) is 17.3 Å². The summed E-state index contributed by atoms with van der Waals surface area (Å²) in [5.74, 6) is 0.0975. The number of benzene rings is 1. The summed E-state index contributed by atoms with van der Waals surface area (Å²) in [7, 11) is 2.17. The molecule has 0 aliphatic heterocycles. The third-order valence-electron chi connectivity index (χ3n) is 4.35. The smallest absolute Gasteiger partial charge is 0.165 e. The van der Waals surface area contributed by atoms with Gasteiger partial charge < -0.3 is 15.0 Å². The number of hydrogen-bond acceptors (Lipinski definition) is 4. The lowest BCUT2D eigenvalue weighted by Gasteiger charge is -2.32. The van der Waals surface area contributed by atoms with Crippen LogP contribution in [0.1, 0.15) is 48.4 Å². The highest BCUT2D eigenvalue weighted by Gasteiger charge is 2.20. The van der Waals surface area contributed by atoms with Crippen molar-refractivity contribution in [2.75, 3.05) is 39.0 Å². The van der Waals surface area contributed by atoms with E-state index in [0.29, 0.717) is 23.5 Å². The van der Waals surface area contributed by atoms with Gasteiger partial charge in [0.15, 0.2) is 11.6 Å². The van der Waals surface area contributed by atoms with E-state index in [1.54, 1.807) is 12.1 Å².